The molecular weight excluding hydrogens is 286 g/mol. The van der Waals surface area contributed by atoms with Crippen LogP contribution < -0.4 is 4.74 Å². The van der Waals surface area contributed by atoms with E-state index >= 15 is 0 Å². The zero-order chi connectivity index (χ0) is 14.5. The lowest BCUT2D eigenvalue weighted by Gasteiger charge is -2.10. The Morgan fingerprint density at radius 1 is 1.50 bits per heavy atom. The fourth-order valence-corrected chi connectivity index (χ4v) is 2.21. The molecule has 0 aliphatic heterocycles. The summed E-state index contributed by atoms with van der Waals surface area (Å²) in [6.07, 6.45) is 1.44. The standard InChI is InChI=1S/C12H10F2N4OS/c1-19-9-4-8(2-3-10(9)20-12(13)14)6-18-7-16-11(5-15)17-18/h2-4,7,12H,6H2,1H3. The number of alkyl halides is 2. The van der Waals surface area contributed by atoms with Crippen molar-refractivity contribution in [3.05, 3.63) is 35.9 Å². The van der Waals surface area contributed by atoms with Gasteiger partial charge in [-0.2, -0.15) is 14.0 Å². The Balaban J connectivity index is 2.19. The van der Waals surface area contributed by atoms with Crippen molar-refractivity contribution in [2.75, 3.05) is 7.11 Å². The molecule has 0 amide bonds. The van der Waals surface area contributed by atoms with E-state index in [0.29, 0.717) is 29.0 Å². The summed E-state index contributed by atoms with van der Waals surface area (Å²) in [5.41, 5.74) is 0.815. The normalized spacial score (nSPS) is 10.6. The Labute approximate surface area is 118 Å². The van der Waals surface area contributed by atoms with Gasteiger partial charge < -0.3 is 4.74 Å². The number of halogens is 2. The molecule has 0 bridgehead atoms. The van der Waals surface area contributed by atoms with Crippen LogP contribution in [0, 0.1) is 11.3 Å². The molecule has 0 atom stereocenters. The van der Waals surface area contributed by atoms with E-state index in [2.05, 4.69) is 10.1 Å². The van der Waals surface area contributed by atoms with Gasteiger partial charge >= 0.3 is 0 Å². The third-order valence-corrected chi connectivity index (χ3v) is 3.19. The first-order valence-corrected chi connectivity index (χ1v) is 6.41. The summed E-state index contributed by atoms with van der Waals surface area (Å²) in [6.45, 7) is 0.380. The van der Waals surface area contributed by atoms with E-state index in [4.69, 9.17) is 10.00 Å². The molecule has 1 aromatic heterocycles. The predicted molar refractivity (Wildman–Crippen MR) is 68.7 cm³/mol. The molecule has 20 heavy (non-hydrogen) atoms. The van der Waals surface area contributed by atoms with Crippen molar-refractivity contribution in [1.82, 2.24) is 14.8 Å². The summed E-state index contributed by atoms with van der Waals surface area (Å²) in [5.74, 6) is -2.03. The molecule has 2 rings (SSSR count). The highest BCUT2D eigenvalue weighted by Crippen LogP contribution is 2.34. The van der Waals surface area contributed by atoms with Gasteiger partial charge in [0.15, 0.2) is 0 Å². The van der Waals surface area contributed by atoms with Gasteiger partial charge in [-0.15, -0.1) is 5.10 Å². The Hall–Kier alpha value is -2.14. The van der Waals surface area contributed by atoms with Crippen molar-refractivity contribution in [2.24, 2.45) is 0 Å². The average molecular weight is 296 g/mol. The van der Waals surface area contributed by atoms with Crippen molar-refractivity contribution >= 4 is 11.8 Å². The van der Waals surface area contributed by atoms with E-state index in [1.807, 2.05) is 6.07 Å². The number of methoxy groups -OCH3 is 1. The van der Waals surface area contributed by atoms with Crippen LogP contribution in [0.1, 0.15) is 11.4 Å². The monoisotopic (exact) mass is 296 g/mol. The zero-order valence-corrected chi connectivity index (χ0v) is 11.3. The molecule has 0 unspecified atom stereocenters. The Kier molecular flexibility index (Phi) is 4.53. The number of ether oxygens (including phenoxy) is 1. The highest BCUT2D eigenvalue weighted by Gasteiger charge is 2.11. The Bertz CT molecular complexity index is 639. The third kappa shape index (κ3) is 3.45. The fraction of sp³-hybridized carbons (Fsp3) is 0.250. The smallest absolute Gasteiger partial charge is 0.289 e. The number of benzene rings is 1. The molecule has 0 fully saturated rings. The van der Waals surface area contributed by atoms with Crippen molar-refractivity contribution in [2.45, 2.75) is 17.2 Å². The van der Waals surface area contributed by atoms with E-state index in [-0.39, 0.29) is 5.82 Å². The highest BCUT2D eigenvalue weighted by atomic mass is 32.2. The van der Waals surface area contributed by atoms with E-state index in [0.717, 1.165) is 5.56 Å². The summed E-state index contributed by atoms with van der Waals surface area (Å²) in [6, 6.07) is 6.78. The van der Waals surface area contributed by atoms with Crippen molar-refractivity contribution in [3.63, 3.8) is 0 Å². The number of nitrogens with zero attached hydrogens (tertiary/aromatic N) is 4. The summed E-state index contributed by atoms with van der Waals surface area (Å²) < 4.78 is 31.4. The molecule has 0 radical (unpaired) electrons. The molecule has 8 heteroatoms. The van der Waals surface area contributed by atoms with Gasteiger partial charge in [-0.25, -0.2) is 9.67 Å². The number of rotatable bonds is 5. The Morgan fingerprint density at radius 3 is 2.90 bits per heavy atom. The van der Waals surface area contributed by atoms with Crippen LogP contribution in [0.4, 0.5) is 8.78 Å². The molecule has 1 aromatic carbocycles. The average Bonchev–Trinajstić information content (AvgIpc) is 2.87. The molecule has 104 valence electrons. The van der Waals surface area contributed by atoms with Crippen LogP contribution >= 0.6 is 11.8 Å². The van der Waals surface area contributed by atoms with Crippen LogP contribution in [0.2, 0.25) is 0 Å². The van der Waals surface area contributed by atoms with Crippen LogP contribution in [0.15, 0.2) is 29.4 Å². The predicted octanol–water partition coefficient (Wildman–Crippen LogP) is 2.52. The molecule has 0 aliphatic carbocycles. The minimum absolute atomic E-state index is 0.0850. The third-order valence-electron chi connectivity index (χ3n) is 2.43. The van der Waals surface area contributed by atoms with Gasteiger partial charge in [0.1, 0.15) is 18.1 Å². The number of nitriles is 1. The molecule has 0 spiro atoms. The first-order valence-electron chi connectivity index (χ1n) is 5.53. The molecule has 0 N–H and O–H groups in total. The van der Waals surface area contributed by atoms with Gasteiger partial charge in [0, 0.05) is 0 Å². The summed E-state index contributed by atoms with van der Waals surface area (Å²) in [5, 5.41) is 12.6. The minimum atomic E-state index is -2.50. The van der Waals surface area contributed by atoms with E-state index in [1.165, 1.54) is 18.1 Å². The lowest BCUT2D eigenvalue weighted by atomic mass is 10.2. The second-order valence-corrected chi connectivity index (χ2v) is 4.77. The lowest BCUT2D eigenvalue weighted by molar-refractivity contribution is 0.251. The maximum absolute atomic E-state index is 12.4. The molecule has 0 aliphatic rings. The molecule has 0 saturated carbocycles. The lowest BCUT2D eigenvalue weighted by Crippen LogP contribution is -2.01. The number of hydrogen-bond acceptors (Lipinski definition) is 5. The number of aromatic nitrogens is 3. The van der Waals surface area contributed by atoms with Gasteiger partial charge in [-0.05, 0) is 17.7 Å². The van der Waals surface area contributed by atoms with Gasteiger partial charge in [-0.3, -0.25) is 0 Å². The summed E-state index contributed by atoms with van der Waals surface area (Å²) in [4.78, 5) is 4.16. The van der Waals surface area contributed by atoms with Crippen LogP contribution in [0.5, 0.6) is 5.75 Å². The molecule has 1 heterocycles. The van der Waals surface area contributed by atoms with Crippen LogP contribution in [0.25, 0.3) is 0 Å². The van der Waals surface area contributed by atoms with Crippen LogP contribution in [-0.4, -0.2) is 27.6 Å². The van der Waals surface area contributed by atoms with Crippen LogP contribution in [0.3, 0.4) is 0 Å². The SMILES string of the molecule is COc1cc(Cn2cnc(C#N)n2)ccc1SC(F)F. The first-order chi connectivity index (χ1) is 9.62. The second-order valence-electron chi connectivity index (χ2n) is 3.74. The second kappa shape index (κ2) is 6.34. The summed E-state index contributed by atoms with van der Waals surface area (Å²) in [7, 11) is 1.43. The maximum atomic E-state index is 12.4. The Morgan fingerprint density at radius 2 is 2.30 bits per heavy atom. The zero-order valence-electron chi connectivity index (χ0n) is 10.5. The van der Waals surface area contributed by atoms with Gasteiger partial charge in [-0.1, -0.05) is 17.8 Å². The topological polar surface area (TPSA) is 63.7 Å². The molecule has 0 saturated heterocycles. The van der Waals surface area contributed by atoms with E-state index in [1.54, 1.807) is 18.2 Å². The van der Waals surface area contributed by atoms with Crippen LogP contribution in [-0.2, 0) is 6.54 Å². The van der Waals surface area contributed by atoms with Crippen molar-refractivity contribution < 1.29 is 13.5 Å². The van der Waals surface area contributed by atoms with Crippen molar-refractivity contribution in [3.8, 4) is 11.8 Å². The fourth-order valence-electron chi connectivity index (χ4n) is 1.61. The molecule has 5 nitrogen and oxygen atoms in total. The van der Waals surface area contributed by atoms with Gasteiger partial charge in [0.05, 0.1) is 18.6 Å². The quantitative estimate of drug-likeness (QED) is 0.793. The highest BCUT2D eigenvalue weighted by molar-refractivity contribution is 7.99. The number of thioether (sulfide) groups is 1. The van der Waals surface area contributed by atoms with Gasteiger partial charge in [0.25, 0.3) is 11.6 Å². The van der Waals surface area contributed by atoms with Gasteiger partial charge in [0.2, 0.25) is 0 Å². The van der Waals surface area contributed by atoms with Crippen molar-refractivity contribution in [1.29, 1.82) is 5.26 Å². The number of hydrogen-bond donors (Lipinski definition) is 0. The largest absolute Gasteiger partial charge is 0.496 e. The maximum Gasteiger partial charge on any atom is 0.289 e. The molecular formula is C12H10F2N4OS. The van der Waals surface area contributed by atoms with E-state index < -0.39 is 5.76 Å². The summed E-state index contributed by atoms with van der Waals surface area (Å²) >= 11 is 0.436. The first kappa shape index (κ1) is 14.3. The van der Waals surface area contributed by atoms with E-state index in [9.17, 15) is 8.78 Å². The minimum Gasteiger partial charge on any atom is -0.496 e. The molecule has 2 aromatic rings.